The molecule has 66 heavy (non-hydrogen) atoms. The Balaban J connectivity index is 1.03. The first kappa shape index (κ1) is 40.0. The molecule has 9 aromatic carbocycles. The number of benzene rings is 9. The summed E-state index contributed by atoms with van der Waals surface area (Å²) in [6, 6.07) is 84.9. The first-order valence-electron chi connectivity index (χ1n) is 22.2. The van der Waals surface area contributed by atoms with Gasteiger partial charge in [-0.1, -0.05) is 231 Å². The third-order valence-corrected chi connectivity index (χ3v) is 12.1. The van der Waals surface area contributed by atoms with Crippen LogP contribution in [0.25, 0.3) is 107 Å². The minimum atomic E-state index is 0.623. The van der Waals surface area contributed by atoms with Crippen molar-refractivity contribution < 1.29 is 0 Å². The van der Waals surface area contributed by atoms with E-state index in [-0.39, 0.29) is 0 Å². The second kappa shape index (κ2) is 17.8. The maximum Gasteiger partial charge on any atom is 0.164 e. The third kappa shape index (κ3) is 7.91. The summed E-state index contributed by atoms with van der Waals surface area (Å²) in [5.41, 5.74) is 17.2. The number of imidazole rings is 1. The molecule has 11 rings (SSSR count). The molecule has 0 amide bonds. The molecule has 5 heteroatoms. The topological polar surface area (TPSA) is 56.5 Å². The second-order valence-corrected chi connectivity index (χ2v) is 16.3. The summed E-state index contributed by atoms with van der Waals surface area (Å²) in [4.78, 5) is 20.1. The van der Waals surface area contributed by atoms with Crippen molar-refractivity contribution in [3.8, 4) is 107 Å². The maximum atomic E-state index is 5.17. The van der Waals surface area contributed by atoms with E-state index in [1.807, 2.05) is 66.7 Å². The van der Waals surface area contributed by atoms with Crippen LogP contribution in [0.4, 0.5) is 0 Å². The van der Waals surface area contributed by atoms with Crippen molar-refractivity contribution in [2.45, 2.75) is 6.92 Å². The molecule has 5 nitrogen and oxygen atoms in total. The van der Waals surface area contributed by atoms with Gasteiger partial charge in [-0.25, -0.2) is 19.9 Å². The van der Waals surface area contributed by atoms with E-state index in [0.29, 0.717) is 17.5 Å². The Morgan fingerprint density at radius 2 is 0.621 bits per heavy atom. The molecule has 0 spiro atoms. The highest BCUT2D eigenvalue weighted by Crippen LogP contribution is 2.42. The molecule has 0 radical (unpaired) electrons. The van der Waals surface area contributed by atoms with Crippen LogP contribution >= 0.6 is 0 Å². The van der Waals surface area contributed by atoms with E-state index in [2.05, 4.69) is 187 Å². The minimum Gasteiger partial charge on any atom is -0.296 e. The Morgan fingerprint density at radius 3 is 1.09 bits per heavy atom. The zero-order valence-corrected chi connectivity index (χ0v) is 36.3. The number of hydrogen-bond acceptors (Lipinski definition) is 4. The maximum absolute atomic E-state index is 5.17. The van der Waals surface area contributed by atoms with Crippen LogP contribution < -0.4 is 0 Å². The number of rotatable bonds is 10. The molecule has 0 aliphatic rings. The molecule has 2 heterocycles. The molecular formula is C61H43N5. The van der Waals surface area contributed by atoms with Gasteiger partial charge in [0.05, 0.1) is 11.4 Å². The van der Waals surface area contributed by atoms with Crippen molar-refractivity contribution in [1.82, 2.24) is 24.5 Å². The van der Waals surface area contributed by atoms with E-state index in [4.69, 9.17) is 19.9 Å². The third-order valence-electron chi connectivity index (χ3n) is 12.1. The standard InChI is InChI=1S/C61H43N5/c1-42-62-57(48-20-9-3-10-21-48)58(49-22-11-4-12-23-49)66(42)53-40-38-47(39-41-53)56-54(45-32-30-44(31-33-45)43-18-7-2-8-19-43)28-17-29-55(56)46-34-36-52(37-35-46)61-64-59(50-24-13-5-14-25-50)63-60(65-61)51-26-15-6-16-27-51/h2-41H,1H3. The zero-order valence-electron chi connectivity index (χ0n) is 36.3. The van der Waals surface area contributed by atoms with Crippen LogP contribution in [0.15, 0.2) is 243 Å². The van der Waals surface area contributed by atoms with Crippen molar-refractivity contribution in [1.29, 1.82) is 0 Å². The summed E-state index contributed by atoms with van der Waals surface area (Å²) in [5.74, 6) is 2.82. The molecule has 0 saturated heterocycles. The summed E-state index contributed by atoms with van der Waals surface area (Å²) in [6.07, 6.45) is 0. The smallest absolute Gasteiger partial charge is 0.164 e. The van der Waals surface area contributed by atoms with Gasteiger partial charge < -0.3 is 0 Å². The normalized spacial score (nSPS) is 11.1. The quantitative estimate of drug-likeness (QED) is 0.138. The molecular weight excluding hydrogens is 803 g/mol. The molecule has 0 unspecified atom stereocenters. The molecule has 0 saturated carbocycles. The fourth-order valence-electron chi connectivity index (χ4n) is 8.84. The van der Waals surface area contributed by atoms with Gasteiger partial charge in [0, 0.05) is 33.5 Å². The van der Waals surface area contributed by atoms with Gasteiger partial charge in [0.25, 0.3) is 0 Å². The van der Waals surface area contributed by atoms with E-state index in [1.165, 1.54) is 11.1 Å². The summed E-state index contributed by atoms with van der Waals surface area (Å²) in [7, 11) is 0. The molecule has 0 fully saturated rings. The number of aromatic nitrogens is 5. The van der Waals surface area contributed by atoms with Crippen LogP contribution in [0.1, 0.15) is 5.82 Å². The fraction of sp³-hybridized carbons (Fsp3) is 0.0164. The molecule has 0 bridgehead atoms. The average molecular weight is 846 g/mol. The molecule has 312 valence electrons. The lowest BCUT2D eigenvalue weighted by molar-refractivity contribution is 0.980. The lowest BCUT2D eigenvalue weighted by Crippen LogP contribution is -2.00. The Bertz CT molecular complexity index is 3350. The predicted octanol–water partition coefficient (Wildman–Crippen LogP) is 15.4. The van der Waals surface area contributed by atoms with Crippen molar-refractivity contribution in [3.05, 3.63) is 248 Å². The summed E-state index contributed by atoms with van der Waals surface area (Å²) in [6.45, 7) is 2.09. The van der Waals surface area contributed by atoms with E-state index in [0.717, 1.165) is 84.1 Å². The van der Waals surface area contributed by atoms with Crippen LogP contribution in [0, 0.1) is 6.92 Å². The first-order chi connectivity index (χ1) is 32.6. The fourth-order valence-corrected chi connectivity index (χ4v) is 8.84. The summed E-state index contributed by atoms with van der Waals surface area (Å²) >= 11 is 0. The van der Waals surface area contributed by atoms with Gasteiger partial charge in [0.15, 0.2) is 17.5 Å². The van der Waals surface area contributed by atoms with Crippen LogP contribution in [-0.4, -0.2) is 24.5 Å². The zero-order chi connectivity index (χ0) is 44.2. The monoisotopic (exact) mass is 845 g/mol. The van der Waals surface area contributed by atoms with Crippen molar-refractivity contribution in [2.24, 2.45) is 0 Å². The lowest BCUT2D eigenvalue weighted by atomic mass is 9.87. The Morgan fingerprint density at radius 1 is 0.273 bits per heavy atom. The Kier molecular flexibility index (Phi) is 10.8. The summed E-state index contributed by atoms with van der Waals surface area (Å²) < 4.78 is 2.28. The molecule has 0 N–H and O–H groups in total. The first-order valence-corrected chi connectivity index (χ1v) is 22.2. The van der Waals surface area contributed by atoms with Gasteiger partial charge in [-0.2, -0.15) is 0 Å². The highest BCUT2D eigenvalue weighted by atomic mass is 15.1. The van der Waals surface area contributed by atoms with Crippen molar-refractivity contribution in [2.75, 3.05) is 0 Å². The highest BCUT2D eigenvalue weighted by molar-refractivity contribution is 5.95. The molecule has 0 atom stereocenters. The Labute approximate surface area is 385 Å². The van der Waals surface area contributed by atoms with E-state index in [9.17, 15) is 0 Å². The van der Waals surface area contributed by atoms with E-state index < -0.39 is 0 Å². The highest BCUT2D eigenvalue weighted by Gasteiger charge is 2.21. The lowest BCUT2D eigenvalue weighted by Gasteiger charge is -2.18. The summed E-state index contributed by atoms with van der Waals surface area (Å²) in [5, 5.41) is 0. The SMILES string of the molecule is Cc1nc(-c2ccccc2)c(-c2ccccc2)n1-c1ccc(-c2c(-c3ccc(-c4ccccc4)cc3)cccc2-c2ccc(-c3nc(-c4ccccc4)nc(-c4ccccc4)n3)cc2)cc1. The van der Waals surface area contributed by atoms with E-state index >= 15 is 0 Å². The molecule has 0 aliphatic carbocycles. The number of hydrogen-bond donors (Lipinski definition) is 0. The van der Waals surface area contributed by atoms with Crippen LogP contribution in [0.2, 0.25) is 0 Å². The second-order valence-electron chi connectivity index (χ2n) is 16.3. The molecule has 2 aromatic heterocycles. The predicted molar refractivity (Wildman–Crippen MR) is 271 cm³/mol. The minimum absolute atomic E-state index is 0.623. The van der Waals surface area contributed by atoms with Crippen LogP contribution in [0.5, 0.6) is 0 Å². The van der Waals surface area contributed by atoms with Crippen molar-refractivity contribution >= 4 is 0 Å². The largest absolute Gasteiger partial charge is 0.296 e. The van der Waals surface area contributed by atoms with Gasteiger partial charge in [-0.15, -0.1) is 0 Å². The van der Waals surface area contributed by atoms with Crippen molar-refractivity contribution in [3.63, 3.8) is 0 Å². The van der Waals surface area contributed by atoms with Gasteiger partial charge >= 0.3 is 0 Å². The van der Waals surface area contributed by atoms with E-state index in [1.54, 1.807) is 0 Å². The molecule has 11 aromatic rings. The average Bonchev–Trinajstić information content (AvgIpc) is 3.76. The van der Waals surface area contributed by atoms with Gasteiger partial charge in [0.2, 0.25) is 0 Å². The van der Waals surface area contributed by atoms with Gasteiger partial charge in [0.1, 0.15) is 5.82 Å². The number of aryl methyl sites for hydroxylation is 1. The molecule has 0 aliphatic heterocycles. The Hall–Kier alpha value is -8.80. The van der Waals surface area contributed by atoms with Crippen LogP contribution in [0.3, 0.4) is 0 Å². The van der Waals surface area contributed by atoms with Crippen LogP contribution in [-0.2, 0) is 0 Å². The number of nitrogens with zero attached hydrogens (tertiary/aromatic N) is 5. The van der Waals surface area contributed by atoms with Gasteiger partial charge in [-0.3, -0.25) is 4.57 Å². The van der Waals surface area contributed by atoms with Gasteiger partial charge in [-0.05, 0) is 63.6 Å².